The number of aliphatic imine (C=N–C) groups is 2. The fraction of sp³-hybridized carbons (Fsp3) is 0.286. The molecule has 1 amide bonds. The fourth-order valence-corrected chi connectivity index (χ4v) is 3.25. The van der Waals surface area contributed by atoms with Crippen LogP contribution in [0.4, 0.5) is 0 Å². The van der Waals surface area contributed by atoms with Gasteiger partial charge in [0.05, 0.1) is 17.3 Å². The third-order valence-corrected chi connectivity index (χ3v) is 4.72. The molecule has 6 nitrogen and oxygen atoms in total. The van der Waals surface area contributed by atoms with Crippen molar-refractivity contribution in [1.29, 1.82) is 0 Å². The smallest absolute Gasteiger partial charge is 0.273 e. The number of nitrogens with zero attached hydrogens (tertiary/aromatic N) is 3. The summed E-state index contributed by atoms with van der Waals surface area (Å²) < 4.78 is 5.84. The molecule has 0 radical (unpaired) electrons. The van der Waals surface area contributed by atoms with E-state index in [2.05, 4.69) is 26.3 Å². The molecule has 1 fully saturated rings. The zero-order valence-corrected chi connectivity index (χ0v) is 15.0. The zero-order chi connectivity index (χ0) is 18.5. The first-order chi connectivity index (χ1) is 13.3. The van der Waals surface area contributed by atoms with Crippen LogP contribution in [-0.4, -0.2) is 55.1 Å². The van der Waals surface area contributed by atoms with Crippen LogP contribution >= 0.6 is 0 Å². The number of dihydropyridines is 2. The van der Waals surface area contributed by atoms with Crippen LogP contribution in [0.5, 0.6) is 0 Å². The molecule has 1 N–H and O–H groups in total. The summed E-state index contributed by atoms with van der Waals surface area (Å²) in [5, 5.41) is 3.36. The lowest BCUT2D eigenvalue weighted by Crippen LogP contribution is -2.48. The number of carbonyl (C=O) groups is 1. The molecular weight excluding hydrogens is 340 g/mol. The molecule has 0 spiro atoms. The molecule has 3 aliphatic rings. The summed E-state index contributed by atoms with van der Waals surface area (Å²) in [6, 6.07) is 10.0. The SMILES string of the molecule is O=C1C=CC(=C2C=CC(N3CCNCC3)C=N2)C(OCc2ccccc2)=N1. The maximum atomic E-state index is 11.7. The summed E-state index contributed by atoms with van der Waals surface area (Å²) in [5.74, 6) is 0.00801. The monoisotopic (exact) mass is 362 g/mol. The second kappa shape index (κ2) is 8.24. The highest BCUT2D eigenvalue weighted by Crippen LogP contribution is 2.20. The number of amides is 1. The summed E-state index contributed by atoms with van der Waals surface area (Å²) >= 11 is 0. The van der Waals surface area contributed by atoms with Crippen molar-refractivity contribution in [3.8, 4) is 0 Å². The molecule has 27 heavy (non-hydrogen) atoms. The maximum Gasteiger partial charge on any atom is 0.273 e. The minimum Gasteiger partial charge on any atom is -0.472 e. The van der Waals surface area contributed by atoms with Gasteiger partial charge in [0.25, 0.3) is 5.91 Å². The topological polar surface area (TPSA) is 66.3 Å². The Labute approximate surface area is 158 Å². The maximum absolute atomic E-state index is 11.7. The highest BCUT2D eigenvalue weighted by molar-refractivity contribution is 6.10. The van der Waals surface area contributed by atoms with Gasteiger partial charge in [-0.05, 0) is 17.7 Å². The minimum atomic E-state index is -0.315. The number of hydrogen-bond donors (Lipinski definition) is 1. The molecule has 3 aliphatic heterocycles. The van der Waals surface area contributed by atoms with Crippen LogP contribution in [0.3, 0.4) is 0 Å². The summed E-state index contributed by atoms with van der Waals surface area (Å²) in [5.41, 5.74) is 2.52. The number of piperazine rings is 1. The molecule has 0 aromatic heterocycles. The van der Waals surface area contributed by atoms with Gasteiger partial charge in [0, 0.05) is 38.5 Å². The quantitative estimate of drug-likeness (QED) is 0.891. The molecule has 0 bridgehead atoms. The average molecular weight is 362 g/mol. The van der Waals surface area contributed by atoms with Crippen molar-refractivity contribution in [2.24, 2.45) is 9.98 Å². The van der Waals surface area contributed by atoms with Gasteiger partial charge in [-0.25, -0.2) is 0 Å². The Morgan fingerprint density at radius 1 is 1.11 bits per heavy atom. The van der Waals surface area contributed by atoms with Crippen LogP contribution in [0.1, 0.15) is 5.56 Å². The molecule has 1 atom stereocenters. The lowest BCUT2D eigenvalue weighted by molar-refractivity contribution is -0.113. The first-order valence-electron chi connectivity index (χ1n) is 9.19. The number of benzene rings is 1. The first kappa shape index (κ1) is 17.6. The van der Waals surface area contributed by atoms with Crippen LogP contribution in [0.2, 0.25) is 0 Å². The van der Waals surface area contributed by atoms with Crippen molar-refractivity contribution >= 4 is 18.0 Å². The Balaban J connectivity index is 1.50. The van der Waals surface area contributed by atoms with Gasteiger partial charge in [-0.1, -0.05) is 36.4 Å². The van der Waals surface area contributed by atoms with Crippen molar-refractivity contribution < 1.29 is 9.53 Å². The second-order valence-corrected chi connectivity index (χ2v) is 6.58. The molecule has 1 aromatic carbocycles. The molecule has 4 rings (SSSR count). The highest BCUT2D eigenvalue weighted by Gasteiger charge is 2.21. The summed E-state index contributed by atoms with van der Waals surface area (Å²) in [7, 11) is 0. The Hall–Kier alpha value is -2.83. The van der Waals surface area contributed by atoms with Crippen molar-refractivity contribution in [1.82, 2.24) is 10.2 Å². The Morgan fingerprint density at radius 2 is 1.93 bits per heavy atom. The predicted molar refractivity (Wildman–Crippen MR) is 106 cm³/mol. The number of nitrogens with one attached hydrogen (secondary N) is 1. The van der Waals surface area contributed by atoms with E-state index in [-0.39, 0.29) is 11.9 Å². The predicted octanol–water partition coefficient (Wildman–Crippen LogP) is 1.87. The lowest BCUT2D eigenvalue weighted by atomic mass is 10.1. The van der Waals surface area contributed by atoms with Gasteiger partial charge >= 0.3 is 0 Å². The van der Waals surface area contributed by atoms with E-state index in [9.17, 15) is 4.79 Å². The van der Waals surface area contributed by atoms with Gasteiger partial charge in [0.15, 0.2) is 0 Å². The van der Waals surface area contributed by atoms with Crippen LogP contribution < -0.4 is 5.32 Å². The second-order valence-electron chi connectivity index (χ2n) is 6.58. The molecule has 0 aliphatic carbocycles. The van der Waals surface area contributed by atoms with Crippen LogP contribution in [0.25, 0.3) is 0 Å². The molecule has 1 unspecified atom stereocenters. The Kier molecular flexibility index (Phi) is 5.37. The Morgan fingerprint density at radius 3 is 2.67 bits per heavy atom. The van der Waals surface area contributed by atoms with E-state index in [0.29, 0.717) is 12.5 Å². The van der Waals surface area contributed by atoms with Gasteiger partial charge in [-0.2, -0.15) is 4.99 Å². The lowest BCUT2D eigenvalue weighted by Gasteiger charge is -2.32. The van der Waals surface area contributed by atoms with E-state index in [0.717, 1.165) is 43.0 Å². The molecule has 0 saturated carbocycles. The number of ether oxygens (including phenoxy) is 1. The molecule has 1 aromatic rings. The van der Waals surface area contributed by atoms with Crippen molar-refractivity contribution in [3.05, 3.63) is 71.5 Å². The fourth-order valence-electron chi connectivity index (χ4n) is 3.25. The number of rotatable bonds is 3. The summed E-state index contributed by atoms with van der Waals surface area (Å²) in [4.78, 5) is 22.8. The van der Waals surface area contributed by atoms with E-state index in [1.807, 2.05) is 42.6 Å². The van der Waals surface area contributed by atoms with E-state index in [1.165, 1.54) is 6.08 Å². The largest absolute Gasteiger partial charge is 0.472 e. The van der Waals surface area contributed by atoms with Gasteiger partial charge < -0.3 is 10.1 Å². The number of allylic oxidation sites excluding steroid dienone is 1. The standard InChI is InChI=1S/C21H22N4O2/c26-20-9-7-18(21(24-20)27-15-16-4-2-1-3-5-16)19-8-6-17(14-23-19)25-12-10-22-11-13-25/h1-9,14,17,22H,10-13,15H2. The zero-order valence-electron chi connectivity index (χ0n) is 15.0. The van der Waals surface area contributed by atoms with Crippen molar-refractivity contribution in [2.45, 2.75) is 12.6 Å². The van der Waals surface area contributed by atoms with E-state index in [1.54, 1.807) is 6.08 Å². The summed E-state index contributed by atoms with van der Waals surface area (Å²) in [6.07, 6.45) is 9.26. The normalized spacial score (nSPS) is 25.6. The third-order valence-electron chi connectivity index (χ3n) is 4.72. The van der Waals surface area contributed by atoms with Crippen LogP contribution in [-0.2, 0) is 16.1 Å². The third kappa shape index (κ3) is 4.30. The van der Waals surface area contributed by atoms with Crippen molar-refractivity contribution in [3.63, 3.8) is 0 Å². The first-order valence-corrected chi connectivity index (χ1v) is 9.19. The molecule has 3 heterocycles. The average Bonchev–Trinajstić information content (AvgIpc) is 2.74. The number of hydrogen-bond acceptors (Lipinski definition) is 5. The molecule has 1 saturated heterocycles. The Bertz CT molecular complexity index is 830. The van der Waals surface area contributed by atoms with Crippen molar-refractivity contribution in [2.75, 3.05) is 26.2 Å². The van der Waals surface area contributed by atoms with Crippen LogP contribution in [0, 0.1) is 0 Å². The van der Waals surface area contributed by atoms with E-state index >= 15 is 0 Å². The molecule has 138 valence electrons. The van der Waals surface area contributed by atoms with Gasteiger partial charge in [-0.15, -0.1) is 0 Å². The minimum absolute atomic E-state index is 0.205. The molecule has 6 heteroatoms. The number of carbonyl (C=O) groups excluding carboxylic acids is 1. The van der Waals surface area contributed by atoms with E-state index in [4.69, 9.17) is 4.74 Å². The highest BCUT2D eigenvalue weighted by atomic mass is 16.5. The molecular formula is C21H22N4O2. The van der Waals surface area contributed by atoms with Gasteiger partial charge in [0.2, 0.25) is 5.90 Å². The van der Waals surface area contributed by atoms with Gasteiger partial charge in [-0.3, -0.25) is 14.7 Å². The van der Waals surface area contributed by atoms with Crippen LogP contribution in [0.15, 0.2) is 75.9 Å². The van der Waals surface area contributed by atoms with E-state index < -0.39 is 0 Å². The van der Waals surface area contributed by atoms with Gasteiger partial charge in [0.1, 0.15) is 6.61 Å². The summed E-state index contributed by atoms with van der Waals surface area (Å²) in [6.45, 7) is 4.37.